The molecule has 2 N–H and O–H groups in total. The number of anilines is 1. The Bertz CT molecular complexity index is 1320. The van der Waals surface area contributed by atoms with Crippen LogP contribution in [-0.4, -0.2) is 48.2 Å². The molecule has 3 aromatic rings. The largest absolute Gasteiger partial charge is 0.861 e. The van der Waals surface area contributed by atoms with Gasteiger partial charge in [-0.25, -0.2) is 9.98 Å². The highest BCUT2D eigenvalue weighted by molar-refractivity contribution is 8.00. The third-order valence-corrected chi connectivity index (χ3v) is 6.32. The van der Waals surface area contributed by atoms with Crippen molar-refractivity contribution in [3.63, 3.8) is 0 Å². The molecule has 0 radical (unpaired) electrons. The van der Waals surface area contributed by atoms with Crippen LogP contribution in [0.2, 0.25) is 0 Å². The normalized spacial score (nSPS) is 13.9. The first kappa shape index (κ1) is 24.0. The van der Waals surface area contributed by atoms with Gasteiger partial charge in [0.2, 0.25) is 5.27 Å². The number of benzene rings is 1. The van der Waals surface area contributed by atoms with Crippen molar-refractivity contribution in [2.75, 3.05) is 42.8 Å². The van der Waals surface area contributed by atoms with E-state index in [0.717, 1.165) is 23.7 Å². The minimum absolute atomic E-state index is 0.00487. The van der Waals surface area contributed by atoms with Crippen LogP contribution in [0.4, 0.5) is 11.7 Å². The van der Waals surface area contributed by atoms with Crippen LogP contribution < -0.4 is 20.6 Å². The summed E-state index contributed by atoms with van der Waals surface area (Å²) in [5, 5.41) is 38.1. The molecule has 178 valence electrons. The first-order valence-corrected chi connectivity index (χ1v) is 11.8. The molecule has 0 unspecified atom stereocenters. The van der Waals surface area contributed by atoms with Crippen LogP contribution in [0.1, 0.15) is 23.6 Å². The number of nitrogen functional groups attached to an aromatic ring is 1. The molecule has 1 aromatic carbocycles. The number of morpholine rings is 1. The lowest BCUT2D eigenvalue weighted by atomic mass is 9.96. The molecule has 1 aliphatic rings. The van der Waals surface area contributed by atoms with Crippen molar-refractivity contribution < 1.29 is 19.2 Å². The van der Waals surface area contributed by atoms with E-state index in [4.69, 9.17) is 15.0 Å². The van der Waals surface area contributed by atoms with E-state index in [1.54, 1.807) is 0 Å². The topological polar surface area (TPSA) is 164 Å². The number of rotatable bonds is 7. The van der Waals surface area contributed by atoms with Gasteiger partial charge in [-0.1, -0.05) is 43.0 Å². The van der Waals surface area contributed by atoms with Crippen molar-refractivity contribution in [2.24, 2.45) is 4.99 Å². The van der Waals surface area contributed by atoms with Gasteiger partial charge in [0.15, 0.2) is 0 Å². The average Bonchev–Trinajstić information content (AvgIpc) is 3.36. The first-order chi connectivity index (χ1) is 17.0. The number of nitriles is 2. The van der Waals surface area contributed by atoms with Crippen LogP contribution >= 0.6 is 11.8 Å². The van der Waals surface area contributed by atoms with E-state index >= 15 is 0 Å². The van der Waals surface area contributed by atoms with E-state index in [1.807, 2.05) is 36.2 Å². The molecule has 0 spiro atoms. The van der Waals surface area contributed by atoms with E-state index in [1.165, 1.54) is 11.0 Å². The molecular formula is C23H22N8O3S. The quantitative estimate of drug-likeness (QED) is 0.219. The highest BCUT2D eigenvalue weighted by Crippen LogP contribution is 2.35. The summed E-state index contributed by atoms with van der Waals surface area (Å²) in [7, 11) is 0. The molecule has 1 fully saturated rings. The fourth-order valence-electron chi connectivity index (χ4n) is 3.55. The van der Waals surface area contributed by atoms with Gasteiger partial charge in [0.25, 0.3) is 6.20 Å². The van der Waals surface area contributed by atoms with Gasteiger partial charge in [-0.2, -0.15) is 10.5 Å². The predicted octanol–water partition coefficient (Wildman–Crippen LogP) is 1.06. The Morgan fingerprint density at radius 2 is 1.94 bits per heavy atom. The smallest absolute Gasteiger partial charge is 0.324 e. The third-order valence-electron chi connectivity index (χ3n) is 5.35. The third kappa shape index (κ3) is 5.35. The number of hydrogen-bond acceptors (Lipinski definition) is 11. The molecule has 12 heteroatoms. The summed E-state index contributed by atoms with van der Waals surface area (Å²) < 4.78 is 10.4. The van der Waals surface area contributed by atoms with Gasteiger partial charge in [-0.3, -0.25) is 4.52 Å². The van der Waals surface area contributed by atoms with Crippen LogP contribution in [0.25, 0.3) is 11.1 Å². The number of aryl methyl sites for hydroxylation is 1. The Morgan fingerprint density at radius 1 is 1.23 bits per heavy atom. The minimum Gasteiger partial charge on any atom is -0.861 e. The van der Waals surface area contributed by atoms with Gasteiger partial charge in [-0.15, -0.1) is 5.01 Å². The van der Waals surface area contributed by atoms with Crippen molar-refractivity contribution in [3.05, 3.63) is 47.2 Å². The standard InChI is InChI=1S/C23H22N8O3S/c1-2-15-3-5-16(6-4-15)21-17(11-24)22(26)28-23(18(21)12-25)35-14-19(32)27-20-13-31(29-34-20)30-7-9-33-10-8-30/h3-6,13H,2,7-10,14H2,1H3,(H2-,26,27,28,29,32). The van der Waals surface area contributed by atoms with Crippen LogP contribution in [0.5, 0.6) is 0 Å². The summed E-state index contributed by atoms with van der Waals surface area (Å²) in [5.41, 5.74) is 8.56. The Labute approximate surface area is 206 Å². The van der Waals surface area contributed by atoms with Crippen LogP contribution in [0, 0.1) is 22.7 Å². The van der Waals surface area contributed by atoms with Crippen LogP contribution in [-0.2, 0) is 11.2 Å². The molecule has 0 amide bonds. The maximum atomic E-state index is 12.5. The van der Waals surface area contributed by atoms with E-state index in [9.17, 15) is 15.6 Å². The van der Waals surface area contributed by atoms with E-state index in [-0.39, 0.29) is 33.6 Å². The van der Waals surface area contributed by atoms with Gasteiger partial charge in [0.05, 0.1) is 36.7 Å². The molecular weight excluding hydrogens is 468 g/mol. The van der Waals surface area contributed by atoms with E-state index in [2.05, 4.69) is 27.4 Å². The molecule has 4 rings (SSSR count). The molecule has 0 saturated carbocycles. The van der Waals surface area contributed by atoms with E-state index < -0.39 is 5.90 Å². The number of aromatic nitrogens is 3. The Balaban J connectivity index is 1.57. The molecule has 0 bridgehead atoms. The zero-order chi connectivity index (χ0) is 24.8. The summed E-state index contributed by atoms with van der Waals surface area (Å²) in [6.45, 7) is 4.49. The molecule has 3 heterocycles. The summed E-state index contributed by atoms with van der Waals surface area (Å²) in [5.74, 6) is -0.552. The lowest BCUT2D eigenvalue weighted by Crippen LogP contribution is -2.62. The van der Waals surface area contributed by atoms with Crippen LogP contribution in [0.15, 0.2) is 45.0 Å². The molecule has 1 saturated heterocycles. The number of nitrogens with two attached hydrogens (primary N) is 1. The lowest BCUT2D eigenvalue weighted by Gasteiger charge is -2.18. The number of nitrogens with zero attached hydrogens (tertiary/aromatic N) is 7. The van der Waals surface area contributed by atoms with Crippen molar-refractivity contribution in [1.82, 2.24) is 10.3 Å². The molecule has 11 nitrogen and oxygen atoms in total. The minimum atomic E-state index is -0.497. The first-order valence-electron chi connectivity index (χ1n) is 10.9. The fraction of sp³-hybridized carbons (Fsp3) is 0.304. The Hall–Kier alpha value is -4.13. The van der Waals surface area contributed by atoms with Crippen LogP contribution in [0.3, 0.4) is 0 Å². The highest BCUT2D eigenvalue weighted by atomic mass is 32.2. The summed E-state index contributed by atoms with van der Waals surface area (Å²) in [4.78, 5) is 9.66. The number of hydrogen-bond donors (Lipinski definition) is 1. The second kappa shape index (κ2) is 10.9. The van der Waals surface area contributed by atoms with Gasteiger partial charge in [0.1, 0.15) is 28.5 Å². The highest BCUT2D eigenvalue weighted by Gasteiger charge is 2.23. The number of aliphatic imine (C=N–C) groups is 1. The maximum Gasteiger partial charge on any atom is 0.324 e. The molecule has 1 aliphatic heterocycles. The van der Waals surface area contributed by atoms with Crippen molar-refractivity contribution in [1.29, 1.82) is 10.5 Å². The van der Waals surface area contributed by atoms with Crippen molar-refractivity contribution >= 4 is 29.4 Å². The van der Waals surface area contributed by atoms with Gasteiger partial charge < -0.3 is 15.6 Å². The maximum absolute atomic E-state index is 12.5. The Morgan fingerprint density at radius 3 is 2.60 bits per heavy atom. The SMILES string of the molecule is CCc1ccc(-c2c(C#N)c(N)nc(SC/C([O-])=N/c3c[n+](N4CCOCC4)no3)c2C#N)cc1. The monoisotopic (exact) mass is 490 g/mol. The zero-order valence-corrected chi connectivity index (χ0v) is 19.8. The number of thioether (sulfide) groups is 1. The second-order valence-corrected chi connectivity index (χ2v) is 8.49. The van der Waals surface area contributed by atoms with Crippen molar-refractivity contribution in [3.8, 4) is 23.3 Å². The average molecular weight is 491 g/mol. The number of pyridine rings is 1. The predicted molar refractivity (Wildman–Crippen MR) is 126 cm³/mol. The van der Waals surface area contributed by atoms with E-state index in [0.29, 0.717) is 37.4 Å². The van der Waals surface area contributed by atoms with Gasteiger partial charge >= 0.3 is 5.88 Å². The molecule has 0 atom stereocenters. The molecule has 2 aromatic heterocycles. The number of ether oxygens (including phenoxy) is 1. The fourth-order valence-corrected chi connectivity index (χ4v) is 4.33. The summed E-state index contributed by atoms with van der Waals surface area (Å²) >= 11 is 1.02. The zero-order valence-electron chi connectivity index (χ0n) is 19.0. The van der Waals surface area contributed by atoms with Crippen molar-refractivity contribution in [2.45, 2.75) is 18.4 Å². The summed E-state index contributed by atoms with van der Waals surface area (Å²) in [6.07, 6.45) is 2.38. The lowest BCUT2D eigenvalue weighted by molar-refractivity contribution is -0.759. The summed E-state index contributed by atoms with van der Waals surface area (Å²) in [6, 6.07) is 11.7. The molecule has 35 heavy (non-hydrogen) atoms. The second-order valence-electron chi connectivity index (χ2n) is 7.52. The Kier molecular flexibility index (Phi) is 7.45. The van der Waals surface area contributed by atoms with Gasteiger partial charge in [0, 0.05) is 11.3 Å². The molecule has 0 aliphatic carbocycles. The van der Waals surface area contributed by atoms with Gasteiger partial charge in [-0.05, 0) is 23.4 Å².